The summed E-state index contributed by atoms with van der Waals surface area (Å²) in [4.78, 5) is 11.9. The van der Waals surface area contributed by atoms with Crippen LogP contribution in [0.15, 0.2) is 103 Å². The molecule has 1 atom stereocenters. The quantitative estimate of drug-likeness (QED) is 0.342. The van der Waals surface area contributed by atoms with Crippen LogP contribution in [0.5, 0.6) is 0 Å². The first-order valence-corrected chi connectivity index (χ1v) is 13.9. The molecule has 0 aliphatic rings. The molecule has 0 bridgehead atoms. The van der Waals surface area contributed by atoms with Crippen LogP contribution in [-0.2, 0) is 15.6 Å². The second kappa shape index (κ2) is 11.5. The molecule has 0 saturated carbocycles. The molecular formula is C30H37NO2Si. The maximum atomic E-state index is 11.9. The lowest BCUT2D eigenvalue weighted by atomic mass is 10.0. The Kier molecular flexibility index (Phi) is 8.65. The van der Waals surface area contributed by atoms with E-state index in [-0.39, 0.29) is 17.0 Å². The molecule has 3 nitrogen and oxygen atoms in total. The Morgan fingerprint density at radius 1 is 0.853 bits per heavy atom. The van der Waals surface area contributed by atoms with E-state index in [0.29, 0.717) is 6.61 Å². The molecule has 178 valence electrons. The van der Waals surface area contributed by atoms with Gasteiger partial charge in [-0.15, -0.1) is 0 Å². The van der Waals surface area contributed by atoms with Crippen LogP contribution in [0.2, 0.25) is 5.04 Å². The Labute approximate surface area is 206 Å². The summed E-state index contributed by atoms with van der Waals surface area (Å²) in [5.41, 5.74) is 2.31. The van der Waals surface area contributed by atoms with Crippen molar-refractivity contribution < 1.29 is 9.22 Å². The Bertz CT molecular complexity index is 1030. The van der Waals surface area contributed by atoms with Gasteiger partial charge in [0, 0.05) is 6.92 Å². The molecule has 0 aliphatic heterocycles. The molecule has 0 unspecified atom stereocenters. The fraction of sp³-hybridized carbons (Fsp3) is 0.300. The Morgan fingerprint density at radius 3 is 1.76 bits per heavy atom. The minimum atomic E-state index is -2.60. The standard InChI is InChI=1S/C30H37NO2Si/c1-24(21-27(31-25(2)32)22-26-15-9-6-10-16-26)23-33-34(30(3,4)5,28-17-11-7-12-18-28)29-19-13-8-14-20-29/h6-21,27H,22-23H2,1-5H3,(H,31,32)/b24-21-/t27-/m1/s1. The zero-order valence-electron chi connectivity index (χ0n) is 21.0. The van der Waals surface area contributed by atoms with Gasteiger partial charge in [-0.1, -0.05) is 123 Å². The average Bonchev–Trinajstić information content (AvgIpc) is 2.80. The van der Waals surface area contributed by atoms with Crippen molar-refractivity contribution in [2.24, 2.45) is 0 Å². The van der Waals surface area contributed by atoms with E-state index in [0.717, 1.165) is 12.0 Å². The van der Waals surface area contributed by atoms with Crippen molar-refractivity contribution in [1.82, 2.24) is 5.32 Å². The number of hydrogen-bond donors (Lipinski definition) is 1. The highest BCUT2D eigenvalue weighted by Crippen LogP contribution is 2.37. The molecule has 1 amide bonds. The van der Waals surface area contributed by atoms with Gasteiger partial charge in [-0.2, -0.15) is 0 Å². The summed E-state index contributed by atoms with van der Waals surface area (Å²) in [6, 6.07) is 31.5. The summed E-state index contributed by atoms with van der Waals surface area (Å²) in [6.07, 6.45) is 2.89. The highest BCUT2D eigenvalue weighted by molar-refractivity contribution is 6.99. The van der Waals surface area contributed by atoms with E-state index >= 15 is 0 Å². The van der Waals surface area contributed by atoms with Gasteiger partial charge in [-0.05, 0) is 34.3 Å². The number of carbonyl (C=O) groups is 1. The lowest BCUT2D eigenvalue weighted by Crippen LogP contribution is -2.66. The van der Waals surface area contributed by atoms with E-state index in [1.54, 1.807) is 6.92 Å². The van der Waals surface area contributed by atoms with Gasteiger partial charge in [-0.25, -0.2) is 0 Å². The van der Waals surface area contributed by atoms with Crippen LogP contribution < -0.4 is 15.7 Å². The van der Waals surface area contributed by atoms with Crippen LogP contribution in [0.4, 0.5) is 0 Å². The highest BCUT2D eigenvalue weighted by Gasteiger charge is 2.50. The molecule has 0 saturated heterocycles. The zero-order chi connectivity index (χ0) is 24.6. The molecule has 3 rings (SSSR count). The Balaban J connectivity index is 1.93. The third-order valence-electron chi connectivity index (χ3n) is 6.11. The maximum Gasteiger partial charge on any atom is 0.261 e. The number of hydrogen-bond acceptors (Lipinski definition) is 2. The minimum Gasteiger partial charge on any atom is -0.403 e. The normalized spacial score (nSPS) is 13.4. The zero-order valence-corrected chi connectivity index (χ0v) is 22.0. The second-order valence-electron chi connectivity index (χ2n) is 9.96. The van der Waals surface area contributed by atoms with Gasteiger partial charge in [0.05, 0.1) is 12.6 Å². The molecular weight excluding hydrogens is 434 g/mol. The number of amides is 1. The van der Waals surface area contributed by atoms with Crippen molar-refractivity contribution in [3.05, 3.63) is 108 Å². The van der Waals surface area contributed by atoms with Crippen molar-refractivity contribution in [3.63, 3.8) is 0 Å². The van der Waals surface area contributed by atoms with Crippen LogP contribution in [0, 0.1) is 0 Å². The fourth-order valence-electron chi connectivity index (χ4n) is 4.66. The third kappa shape index (κ3) is 6.34. The summed E-state index contributed by atoms with van der Waals surface area (Å²) < 4.78 is 7.04. The van der Waals surface area contributed by atoms with Gasteiger partial charge < -0.3 is 9.74 Å². The van der Waals surface area contributed by atoms with E-state index in [1.165, 1.54) is 15.9 Å². The van der Waals surface area contributed by atoms with E-state index in [9.17, 15) is 4.79 Å². The Morgan fingerprint density at radius 2 is 1.32 bits per heavy atom. The molecule has 4 heteroatoms. The van der Waals surface area contributed by atoms with Gasteiger partial charge in [0.25, 0.3) is 8.32 Å². The van der Waals surface area contributed by atoms with Gasteiger partial charge in [0.15, 0.2) is 0 Å². The molecule has 34 heavy (non-hydrogen) atoms. The molecule has 0 heterocycles. The number of nitrogens with one attached hydrogen (secondary N) is 1. The smallest absolute Gasteiger partial charge is 0.261 e. The van der Waals surface area contributed by atoms with Crippen LogP contribution in [0.1, 0.15) is 40.2 Å². The molecule has 0 spiro atoms. The van der Waals surface area contributed by atoms with Crippen molar-refractivity contribution in [3.8, 4) is 0 Å². The Hall–Kier alpha value is -2.95. The molecule has 0 radical (unpaired) electrons. The average molecular weight is 472 g/mol. The first-order chi connectivity index (χ1) is 16.2. The van der Waals surface area contributed by atoms with Crippen LogP contribution in [-0.4, -0.2) is 26.9 Å². The lowest BCUT2D eigenvalue weighted by molar-refractivity contribution is -0.119. The van der Waals surface area contributed by atoms with Gasteiger partial charge >= 0.3 is 0 Å². The second-order valence-corrected chi connectivity index (χ2v) is 14.3. The summed E-state index contributed by atoms with van der Waals surface area (Å²) in [5, 5.41) is 5.55. The fourth-order valence-corrected chi connectivity index (χ4v) is 9.26. The molecule has 1 N–H and O–H groups in total. The number of benzene rings is 3. The molecule has 3 aromatic carbocycles. The summed E-state index contributed by atoms with van der Waals surface area (Å²) in [5.74, 6) is -0.0297. The van der Waals surface area contributed by atoms with Crippen LogP contribution in [0.25, 0.3) is 0 Å². The van der Waals surface area contributed by atoms with E-state index in [4.69, 9.17) is 4.43 Å². The van der Waals surface area contributed by atoms with E-state index < -0.39 is 8.32 Å². The first-order valence-electron chi connectivity index (χ1n) is 12.0. The monoisotopic (exact) mass is 471 g/mol. The minimum absolute atomic E-state index is 0.0297. The third-order valence-corrected chi connectivity index (χ3v) is 11.1. The highest BCUT2D eigenvalue weighted by atomic mass is 28.4. The van der Waals surface area contributed by atoms with Gasteiger partial charge in [0.1, 0.15) is 0 Å². The molecule has 3 aromatic rings. The number of carbonyl (C=O) groups excluding carboxylic acids is 1. The van der Waals surface area contributed by atoms with E-state index in [2.05, 4.69) is 112 Å². The van der Waals surface area contributed by atoms with E-state index in [1.807, 2.05) is 18.2 Å². The SMILES string of the molecule is CC(=O)N[C@H](/C=C(/C)CO[Si](c1ccccc1)(c1ccccc1)C(C)(C)C)Cc1ccccc1. The van der Waals surface area contributed by atoms with Crippen LogP contribution >= 0.6 is 0 Å². The van der Waals surface area contributed by atoms with Crippen molar-refractivity contribution in [2.75, 3.05) is 6.61 Å². The van der Waals surface area contributed by atoms with Gasteiger partial charge in [0.2, 0.25) is 5.91 Å². The molecule has 0 fully saturated rings. The predicted molar refractivity (Wildman–Crippen MR) is 145 cm³/mol. The van der Waals surface area contributed by atoms with Crippen molar-refractivity contribution >= 4 is 24.6 Å². The first kappa shape index (κ1) is 25.7. The topological polar surface area (TPSA) is 38.3 Å². The predicted octanol–water partition coefficient (Wildman–Crippen LogP) is 5.26. The maximum absolute atomic E-state index is 11.9. The molecule has 0 aromatic heterocycles. The summed E-state index contributed by atoms with van der Waals surface area (Å²) >= 11 is 0. The summed E-state index contributed by atoms with van der Waals surface area (Å²) in [6.45, 7) is 11.0. The van der Waals surface area contributed by atoms with Gasteiger partial charge in [-0.3, -0.25) is 4.79 Å². The van der Waals surface area contributed by atoms with Crippen LogP contribution in [0.3, 0.4) is 0 Å². The molecule has 0 aliphatic carbocycles. The van der Waals surface area contributed by atoms with Crippen molar-refractivity contribution in [1.29, 1.82) is 0 Å². The summed E-state index contributed by atoms with van der Waals surface area (Å²) in [7, 11) is -2.60. The van der Waals surface area contributed by atoms with Crippen molar-refractivity contribution in [2.45, 2.75) is 52.1 Å². The lowest BCUT2D eigenvalue weighted by Gasteiger charge is -2.43. The number of rotatable bonds is 9. The largest absolute Gasteiger partial charge is 0.403 e.